The summed E-state index contributed by atoms with van der Waals surface area (Å²) >= 11 is 0. The first-order valence-corrected chi connectivity index (χ1v) is 10.1. The van der Waals surface area contributed by atoms with E-state index in [-0.39, 0.29) is 0 Å². The molecule has 0 atom stereocenters. The molecule has 2 aromatic rings. The molecular formula is C32H22. The zero-order chi connectivity index (χ0) is 23.0. The lowest BCUT2D eigenvalue weighted by Gasteiger charge is -1.91. The zero-order valence-electron chi connectivity index (χ0n) is 18.8. The van der Waals surface area contributed by atoms with Gasteiger partial charge in [-0.15, -0.1) is 0 Å². The third-order valence-corrected chi connectivity index (χ3v) is 3.90. The molecule has 0 amide bonds. The lowest BCUT2D eigenvalue weighted by molar-refractivity contribution is 1.37. The van der Waals surface area contributed by atoms with Crippen LogP contribution in [0.3, 0.4) is 0 Å². The first kappa shape index (κ1) is 23.6. The van der Waals surface area contributed by atoms with Crippen LogP contribution >= 0.6 is 0 Å². The number of allylic oxidation sites excluding steroid dienone is 4. The van der Waals surface area contributed by atoms with E-state index in [0.717, 1.165) is 33.4 Å². The van der Waals surface area contributed by atoms with Gasteiger partial charge in [-0.2, -0.15) is 0 Å². The van der Waals surface area contributed by atoms with Crippen LogP contribution in [0, 0.1) is 71.0 Å². The smallest absolute Gasteiger partial charge is 0.0622 e. The molecule has 0 aliphatic rings. The Morgan fingerprint density at radius 1 is 0.438 bits per heavy atom. The predicted octanol–water partition coefficient (Wildman–Crippen LogP) is 5.78. The molecule has 2 aromatic carbocycles. The maximum atomic E-state index is 3.12. The molecule has 0 aliphatic heterocycles. The highest BCUT2D eigenvalue weighted by molar-refractivity contribution is 5.55. The fourth-order valence-electron chi connectivity index (χ4n) is 2.19. The van der Waals surface area contributed by atoms with E-state index in [2.05, 4.69) is 71.0 Å². The Morgan fingerprint density at radius 3 is 1.12 bits per heavy atom. The Kier molecular flexibility index (Phi) is 9.93. The maximum absolute atomic E-state index is 3.12. The molecule has 0 heterocycles. The van der Waals surface area contributed by atoms with Crippen molar-refractivity contribution in [1.29, 1.82) is 0 Å². The van der Waals surface area contributed by atoms with Gasteiger partial charge in [-0.1, -0.05) is 71.2 Å². The van der Waals surface area contributed by atoms with Crippen LogP contribution in [0.2, 0.25) is 0 Å². The molecule has 32 heavy (non-hydrogen) atoms. The summed E-state index contributed by atoms with van der Waals surface area (Å²) in [5, 5.41) is 0. The summed E-state index contributed by atoms with van der Waals surface area (Å²) in [6.45, 7) is 7.92. The molecule has 2 rings (SSSR count). The molecular weight excluding hydrogens is 384 g/mol. The Labute approximate surface area is 192 Å². The molecule has 150 valence electrons. The largest absolute Gasteiger partial charge is 0.0744 e. The van der Waals surface area contributed by atoms with Gasteiger partial charge in [0, 0.05) is 11.1 Å². The van der Waals surface area contributed by atoms with Crippen molar-refractivity contribution in [2.24, 2.45) is 0 Å². The molecule has 0 fully saturated rings. The molecule has 0 N–H and O–H groups in total. The van der Waals surface area contributed by atoms with Crippen LogP contribution in [0.4, 0.5) is 0 Å². The fraction of sp³-hybridized carbons (Fsp3) is 0.125. The summed E-state index contributed by atoms with van der Waals surface area (Å²) in [6.07, 6.45) is 0. The Balaban J connectivity index is 2.06. The van der Waals surface area contributed by atoms with Crippen LogP contribution in [-0.2, 0) is 0 Å². The van der Waals surface area contributed by atoms with Crippen LogP contribution in [0.5, 0.6) is 0 Å². The van der Waals surface area contributed by atoms with Crippen LogP contribution in [0.15, 0.2) is 83.0 Å². The van der Waals surface area contributed by atoms with E-state index in [1.807, 2.05) is 88.4 Å². The van der Waals surface area contributed by atoms with Crippen molar-refractivity contribution in [3.8, 4) is 71.0 Å². The number of benzene rings is 2. The first-order valence-electron chi connectivity index (χ1n) is 10.1. The van der Waals surface area contributed by atoms with E-state index in [4.69, 9.17) is 0 Å². The van der Waals surface area contributed by atoms with Crippen LogP contribution in [0.25, 0.3) is 0 Å². The molecule has 0 radical (unpaired) electrons. The molecule has 0 saturated heterocycles. The second kappa shape index (κ2) is 13.5. The summed E-state index contributed by atoms with van der Waals surface area (Å²) < 4.78 is 0. The topological polar surface area (TPSA) is 0 Å². The van der Waals surface area contributed by atoms with Gasteiger partial charge in [-0.05, 0) is 99.3 Å². The van der Waals surface area contributed by atoms with Gasteiger partial charge in [0.25, 0.3) is 0 Å². The van der Waals surface area contributed by atoms with Crippen molar-refractivity contribution < 1.29 is 0 Å². The van der Waals surface area contributed by atoms with Gasteiger partial charge in [0.2, 0.25) is 0 Å². The van der Waals surface area contributed by atoms with Crippen molar-refractivity contribution in [1.82, 2.24) is 0 Å². The molecule has 0 unspecified atom stereocenters. The summed E-state index contributed by atoms with van der Waals surface area (Å²) in [5.74, 6) is 34.9. The minimum absolute atomic E-state index is 0.765. The lowest BCUT2D eigenvalue weighted by Crippen LogP contribution is -1.79. The summed E-state index contributed by atoms with van der Waals surface area (Å²) in [5.41, 5.74) is 5.53. The monoisotopic (exact) mass is 406 g/mol. The van der Waals surface area contributed by atoms with Gasteiger partial charge in [0.1, 0.15) is 0 Å². The number of hydrogen-bond donors (Lipinski definition) is 0. The van der Waals surface area contributed by atoms with E-state index in [1.54, 1.807) is 0 Å². The molecule has 0 nitrogen and oxygen atoms in total. The standard InChI is InChI=1S/C32H22/c1-27(2)31(25-23-29-17-11-9-12-18-29)21-15-7-5-6-8-16-22-32(28(3)4)26-24-30-19-13-10-14-20-30/h9-14,17-20H,1-4H3. The van der Waals surface area contributed by atoms with Gasteiger partial charge < -0.3 is 0 Å². The van der Waals surface area contributed by atoms with Crippen LogP contribution in [-0.4, -0.2) is 0 Å². The van der Waals surface area contributed by atoms with Crippen molar-refractivity contribution in [3.05, 3.63) is 94.1 Å². The van der Waals surface area contributed by atoms with Gasteiger partial charge in [0.15, 0.2) is 0 Å². The van der Waals surface area contributed by atoms with E-state index in [1.165, 1.54) is 0 Å². The SMILES string of the molecule is CC(C)=C(C#CC#CC#CC#CC(C#Cc1ccccc1)=C(C)C)C#Cc1ccccc1. The lowest BCUT2D eigenvalue weighted by atomic mass is 10.1. The highest BCUT2D eigenvalue weighted by atomic mass is 13.9. The maximum Gasteiger partial charge on any atom is 0.0744 e. The first-order chi connectivity index (χ1) is 15.6. The summed E-state index contributed by atoms with van der Waals surface area (Å²) in [4.78, 5) is 0. The predicted molar refractivity (Wildman–Crippen MR) is 134 cm³/mol. The quantitative estimate of drug-likeness (QED) is 0.487. The molecule has 0 bridgehead atoms. The average molecular weight is 407 g/mol. The van der Waals surface area contributed by atoms with E-state index in [9.17, 15) is 0 Å². The third kappa shape index (κ3) is 9.19. The van der Waals surface area contributed by atoms with Crippen molar-refractivity contribution in [2.75, 3.05) is 0 Å². The van der Waals surface area contributed by atoms with Crippen LogP contribution in [0.1, 0.15) is 38.8 Å². The highest BCUT2D eigenvalue weighted by Crippen LogP contribution is 2.03. The molecule has 0 aromatic heterocycles. The van der Waals surface area contributed by atoms with Gasteiger partial charge in [-0.3, -0.25) is 0 Å². The van der Waals surface area contributed by atoms with Gasteiger partial charge in [-0.25, -0.2) is 0 Å². The number of hydrogen-bond acceptors (Lipinski definition) is 0. The second-order valence-corrected chi connectivity index (χ2v) is 6.98. The molecule has 0 saturated carbocycles. The second-order valence-electron chi connectivity index (χ2n) is 6.98. The van der Waals surface area contributed by atoms with E-state index in [0.29, 0.717) is 0 Å². The van der Waals surface area contributed by atoms with E-state index < -0.39 is 0 Å². The summed E-state index contributed by atoms with van der Waals surface area (Å²) in [7, 11) is 0. The highest BCUT2D eigenvalue weighted by Gasteiger charge is 1.90. The Morgan fingerprint density at radius 2 is 0.781 bits per heavy atom. The zero-order valence-corrected chi connectivity index (χ0v) is 18.8. The van der Waals surface area contributed by atoms with Gasteiger partial charge in [0.05, 0.1) is 11.1 Å². The summed E-state index contributed by atoms with van der Waals surface area (Å²) in [6, 6.07) is 19.6. The van der Waals surface area contributed by atoms with Crippen molar-refractivity contribution >= 4 is 0 Å². The van der Waals surface area contributed by atoms with Crippen molar-refractivity contribution in [3.63, 3.8) is 0 Å². The normalized spacial score (nSPS) is 7.75. The minimum Gasteiger partial charge on any atom is -0.0622 e. The fourth-order valence-corrected chi connectivity index (χ4v) is 2.19. The average Bonchev–Trinajstić information content (AvgIpc) is 2.80. The Hall–Kier alpha value is -4.72. The minimum atomic E-state index is 0.765. The molecule has 0 heteroatoms. The number of rotatable bonds is 0. The van der Waals surface area contributed by atoms with E-state index >= 15 is 0 Å². The third-order valence-electron chi connectivity index (χ3n) is 3.90. The molecule has 0 spiro atoms. The molecule has 0 aliphatic carbocycles. The van der Waals surface area contributed by atoms with Crippen molar-refractivity contribution in [2.45, 2.75) is 27.7 Å². The van der Waals surface area contributed by atoms with Gasteiger partial charge >= 0.3 is 0 Å². The van der Waals surface area contributed by atoms with Crippen LogP contribution < -0.4 is 0 Å². The Bertz CT molecular complexity index is 1270.